The molecule has 0 radical (unpaired) electrons. The van der Waals surface area contributed by atoms with Crippen molar-refractivity contribution in [1.82, 2.24) is 9.80 Å². The standard InChI is InChI=1S/C28H31FN2O5S/c1-34-16-5-14-30(28(33)20-8-10-21(35-2)11-9-20)18-27(32)31-15-12-26-22(13-17-37-26)24(31)19-36-25-7-4-3-6-23(25)29/h3-4,6-11,13,17,24H,5,12,14-16,18-19H2,1-2H3/t24-/m1/s1. The van der Waals surface area contributed by atoms with Gasteiger partial charge < -0.3 is 24.0 Å². The SMILES string of the molecule is COCCCN(CC(=O)N1CCc2sccc2[C@H]1COc1ccccc1F)C(=O)c1ccc(OC)cc1. The highest BCUT2D eigenvalue weighted by molar-refractivity contribution is 7.10. The van der Waals surface area contributed by atoms with E-state index in [1.165, 1.54) is 10.9 Å². The van der Waals surface area contributed by atoms with Crippen molar-refractivity contribution in [1.29, 1.82) is 0 Å². The molecule has 2 aromatic carbocycles. The van der Waals surface area contributed by atoms with E-state index < -0.39 is 5.82 Å². The number of nitrogens with zero attached hydrogens (tertiary/aromatic N) is 2. The van der Waals surface area contributed by atoms with E-state index in [4.69, 9.17) is 14.2 Å². The zero-order chi connectivity index (χ0) is 26.2. The van der Waals surface area contributed by atoms with E-state index >= 15 is 0 Å². The predicted molar refractivity (Wildman–Crippen MR) is 140 cm³/mol. The molecule has 0 spiro atoms. The molecule has 1 aliphatic rings. The summed E-state index contributed by atoms with van der Waals surface area (Å²) >= 11 is 1.64. The molecule has 1 atom stereocenters. The average molecular weight is 527 g/mol. The first-order valence-electron chi connectivity index (χ1n) is 12.2. The van der Waals surface area contributed by atoms with E-state index in [9.17, 15) is 14.0 Å². The summed E-state index contributed by atoms with van der Waals surface area (Å²) in [6.45, 7) is 1.39. The third-order valence-electron chi connectivity index (χ3n) is 6.38. The fourth-order valence-electron chi connectivity index (χ4n) is 4.43. The van der Waals surface area contributed by atoms with Gasteiger partial charge in [-0.15, -0.1) is 11.3 Å². The summed E-state index contributed by atoms with van der Waals surface area (Å²) in [5, 5.41) is 2.00. The summed E-state index contributed by atoms with van der Waals surface area (Å²) in [4.78, 5) is 31.5. The van der Waals surface area contributed by atoms with E-state index in [1.54, 1.807) is 77.8 Å². The maximum absolute atomic E-state index is 14.2. The number of amides is 2. The minimum absolute atomic E-state index is 0.0791. The van der Waals surface area contributed by atoms with Crippen molar-refractivity contribution < 1.29 is 28.2 Å². The molecule has 7 nitrogen and oxygen atoms in total. The van der Waals surface area contributed by atoms with Gasteiger partial charge in [0.2, 0.25) is 5.91 Å². The zero-order valence-electron chi connectivity index (χ0n) is 21.0. The number of carbonyl (C=O) groups is 2. The smallest absolute Gasteiger partial charge is 0.254 e. The Morgan fingerprint density at radius 3 is 2.62 bits per heavy atom. The minimum atomic E-state index is -0.448. The second-order valence-electron chi connectivity index (χ2n) is 8.70. The number of benzene rings is 2. The molecule has 4 rings (SSSR count). The summed E-state index contributed by atoms with van der Waals surface area (Å²) in [7, 11) is 3.17. The van der Waals surface area contributed by atoms with Crippen molar-refractivity contribution in [2.45, 2.75) is 18.9 Å². The zero-order valence-corrected chi connectivity index (χ0v) is 21.8. The first-order valence-corrected chi connectivity index (χ1v) is 13.0. The average Bonchev–Trinajstić information content (AvgIpc) is 3.41. The third-order valence-corrected chi connectivity index (χ3v) is 7.37. The molecule has 0 bridgehead atoms. The van der Waals surface area contributed by atoms with Gasteiger partial charge in [-0.3, -0.25) is 9.59 Å². The second-order valence-corrected chi connectivity index (χ2v) is 9.70. The maximum atomic E-state index is 14.2. The molecular formula is C28H31FN2O5S. The first-order chi connectivity index (χ1) is 18.0. The summed E-state index contributed by atoms with van der Waals surface area (Å²) in [5.74, 6) is -0.0712. The number of ether oxygens (including phenoxy) is 3. The monoisotopic (exact) mass is 526 g/mol. The Balaban J connectivity index is 1.52. The summed E-state index contributed by atoms with van der Waals surface area (Å²) in [6, 6.07) is 14.7. The molecule has 196 valence electrons. The molecule has 0 aliphatic carbocycles. The second kappa shape index (κ2) is 12.7. The number of hydrogen-bond acceptors (Lipinski definition) is 6. The van der Waals surface area contributed by atoms with Crippen LogP contribution in [0.3, 0.4) is 0 Å². The van der Waals surface area contributed by atoms with Crippen LogP contribution < -0.4 is 9.47 Å². The number of hydrogen-bond donors (Lipinski definition) is 0. The lowest BCUT2D eigenvalue weighted by Crippen LogP contribution is -2.48. The van der Waals surface area contributed by atoms with Crippen LogP contribution in [0, 0.1) is 5.82 Å². The predicted octanol–water partition coefficient (Wildman–Crippen LogP) is 4.58. The van der Waals surface area contributed by atoms with Crippen molar-refractivity contribution in [3.05, 3.63) is 81.8 Å². The number of rotatable bonds is 11. The fourth-order valence-corrected chi connectivity index (χ4v) is 5.36. The number of fused-ring (bicyclic) bond motifs is 1. The molecule has 0 saturated carbocycles. The lowest BCUT2D eigenvalue weighted by Gasteiger charge is -2.37. The Hall–Kier alpha value is -3.43. The van der Waals surface area contributed by atoms with Gasteiger partial charge in [0.25, 0.3) is 5.91 Å². The van der Waals surface area contributed by atoms with Gasteiger partial charge in [0.1, 0.15) is 18.9 Å². The molecule has 9 heteroatoms. The molecule has 1 aromatic heterocycles. The van der Waals surface area contributed by atoms with Crippen LogP contribution in [0.25, 0.3) is 0 Å². The highest BCUT2D eigenvalue weighted by atomic mass is 32.1. The lowest BCUT2D eigenvalue weighted by atomic mass is 10.0. The number of para-hydroxylation sites is 1. The van der Waals surface area contributed by atoms with Crippen LogP contribution in [0.5, 0.6) is 11.5 Å². The van der Waals surface area contributed by atoms with Crippen molar-refractivity contribution >= 4 is 23.2 Å². The van der Waals surface area contributed by atoms with Crippen LogP contribution in [0.4, 0.5) is 4.39 Å². The van der Waals surface area contributed by atoms with Gasteiger partial charge in [-0.1, -0.05) is 12.1 Å². The third kappa shape index (κ3) is 6.47. The summed E-state index contributed by atoms with van der Waals surface area (Å²) < 4.78 is 30.4. The van der Waals surface area contributed by atoms with Gasteiger partial charge in [-0.05, 0) is 66.2 Å². The van der Waals surface area contributed by atoms with Gasteiger partial charge in [0, 0.05) is 37.2 Å². The van der Waals surface area contributed by atoms with Crippen molar-refractivity contribution in [2.75, 3.05) is 47.1 Å². The molecule has 1 aliphatic heterocycles. The van der Waals surface area contributed by atoms with Gasteiger partial charge >= 0.3 is 0 Å². The molecule has 37 heavy (non-hydrogen) atoms. The minimum Gasteiger partial charge on any atom is -0.497 e. The largest absolute Gasteiger partial charge is 0.497 e. The van der Waals surface area contributed by atoms with Crippen LogP contribution in [0.15, 0.2) is 60.0 Å². The summed E-state index contributed by atoms with van der Waals surface area (Å²) in [6.07, 6.45) is 1.32. The first kappa shape index (κ1) is 26.6. The number of halogens is 1. The molecule has 0 unspecified atom stereocenters. The van der Waals surface area contributed by atoms with E-state index in [0.29, 0.717) is 37.4 Å². The van der Waals surface area contributed by atoms with Crippen molar-refractivity contribution in [3.8, 4) is 11.5 Å². The Morgan fingerprint density at radius 1 is 1.11 bits per heavy atom. The Kier molecular flexibility index (Phi) is 9.14. The van der Waals surface area contributed by atoms with E-state index in [2.05, 4.69) is 0 Å². The van der Waals surface area contributed by atoms with Gasteiger partial charge in [-0.25, -0.2) is 4.39 Å². The molecule has 3 aromatic rings. The van der Waals surface area contributed by atoms with Crippen molar-refractivity contribution in [3.63, 3.8) is 0 Å². The molecular weight excluding hydrogens is 495 g/mol. The fraction of sp³-hybridized carbons (Fsp3) is 0.357. The molecule has 2 heterocycles. The van der Waals surface area contributed by atoms with Crippen LogP contribution in [-0.4, -0.2) is 68.7 Å². The van der Waals surface area contributed by atoms with E-state index in [-0.39, 0.29) is 36.8 Å². The highest BCUT2D eigenvalue weighted by Crippen LogP contribution is 2.34. The van der Waals surface area contributed by atoms with E-state index in [0.717, 1.165) is 12.0 Å². The van der Waals surface area contributed by atoms with Crippen LogP contribution in [0.2, 0.25) is 0 Å². The molecule has 0 fully saturated rings. The topological polar surface area (TPSA) is 68.3 Å². The van der Waals surface area contributed by atoms with E-state index in [1.807, 2.05) is 11.4 Å². The van der Waals surface area contributed by atoms with Crippen LogP contribution >= 0.6 is 11.3 Å². The lowest BCUT2D eigenvalue weighted by molar-refractivity contribution is -0.135. The van der Waals surface area contributed by atoms with Crippen molar-refractivity contribution in [2.24, 2.45) is 0 Å². The van der Waals surface area contributed by atoms with Crippen LogP contribution in [-0.2, 0) is 16.0 Å². The summed E-state index contributed by atoms with van der Waals surface area (Å²) in [5.41, 5.74) is 1.48. The maximum Gasteiger partial charge on any atom is 0.254 e. The number of methoxy groups -OCH3 is 2. The number of carbonyl (C=O) groups excluding carboxylic acids is 2. The molecule has 0 saturated heterocycles. The van der Waals surface area contributed by atoms with Gasteiger partial charge in [-0.2, -0.15) is 0 Å². The highest BCUT2D eigenvalue weighted by Gasteiger charge is 2.33. The molecule has 2 amide bonds. The van der Waals surface area contributed by atoms with Crippen LogP contribution in [0.1, 0.15) is 33.3 Å². The Bertz CT molecular complexity index is 1200. The molecule has 0 N–H and O–H groups in total. The normalized spacial score (nSPS) is 14.7. The van der Waals surface area contributed by atoms with Gasteiger partial charge in [0.05, 0.1) is 13.2 Å². The Labute approximate surface area is 220 Å². The quantitative estimate of drug-likeness (QED) is 0.342. The Morgan fingerprint density at radius 2 is 1.89 bits per heavy atom. The number of thiophene rings is 1. The van der Waals surface area contributed by atoms with Gasteiger partial charge in [0.15, 0.2) is 11.6 Å².